The van der Waals surface area contributed by atoms with Gasteiger partial charge in [0.05, 0.1) is 0 Å². The molecule has 1 aromatic carbocycles. The highest BCUT2D eigenvalue weighted by atomic mass is 16.7. The van der Waals surface area contributed by atoms with Gasteiger partial charge in [-0.2, -0.15) is 0 Å². The van der Waals surface area contributed by atoms with E-state index in [-0.39, 0.29) is 18.6 Å². The van der Waals surface area contributed by atoms with Crippen LogP contribution in [-0.2, 0) is 16.1 Å². The van der Waals surface area contributed by atoms with Crippen LogP contribution in [0.4, 0.5) is 0 Å². The Hall–Kier alpha value is -2.24. The third-order valence-corrected chi connectivity index (χ3v) is 3.33. The molecule has 1 heterocycles. The van der Waals surface area contributed by atoms with Gasteiger partial charge in [0.2, 0.25) is 18.6 Å². The van der Waals surface area contributed by atoms with Crippen molar-refractivity contribution in [3.8, 4) is 11.5 Å². The highest BCUT2D eigenvalue weighted by Gasteiger charge is 2.25. The highest BCUT2D eigenvalue weighted by Crippen LogP contribution is 2.32. The summed E-state index contributed by atoms with van der Waals surface area (Å²) in [6, 6.07) is 4.93. The van der Waals surface area contributed by atoms with Crippen molar-refractivity contribution < 1.29 is 19.1 Å². The number of hydrogen-bond donors (Lipinski definition) is 2. The maximum absolute atomic E-state index is 12.0. The SMILES string of the molecule is C[C@@H](NC(=O)C(C)(C)C)C(=O)NCc1ccc2c(c1)OCO2. The third kappa shape index (κ3) is 3.90. The van der Waals surface area contributed by atoms with Crippen molar-refractivity contribution in [2.24, 2.45) is 5.41 Å². The molecule has 22 heavy (non-hydrogen) atoms. The Bertz CT molecular complexity index is 578. The number of carbonyl (C=O) groups is 2. The van der Waals surface area contributed by atoms with Gasteiger partial charge in [-0.25, -0.2) is 0 Å². The monoisotopic (exact) mass is 306 g/mol. The average Bonchev–Trinajstić information content (AvgIpc) is 2.90. The van der Waals surface area contributed by atoms with Crippen LogP contribution in [0.2, 0.25) is 0 Å². The molecule has 0 radical (unpaired) electrons. The Morgan fingerprint density at radius 3 is 2.59 bits per heavy atom. The van der Waals surface area contributed by atoms with Crippen LogP contribution in [0, 0.1) is 5.41 Å². The normalized spacial score (nSPS) is 14.4. The van der Waals surface area contributed by atoms with Crippen molar-refractivity contribution in [2.75, 3.05) is 6.79 Å². The van der Waals surface area contributed by atoms with Crippen LogP contribution < -0.4 is 20.1 Å². The molecule has 2 amide bonds. The van der Waals surface area contributed by atoms with E-state index in [1.165, 1.54) is 0 Å². The number of fused-ring (bicyclic) bond motifs is 1. The van der Waals surface area contributed by atoms with E-state index in [1.54, 1.807) is 27.7 Å². The quantitative estimate of drug-likeness (QED) is 0.885. The third-order valence-electron chi connectivity index (χ3n) is 3.33. The van der Waals surface area contributed by atoms with Gasteiger partial charge < -0.3 is 20.1 Å². The smallest absolute Gasteiger partial charge is 0.242 e. The molecule has 6 nitrogen and oxygen atoms in total. The molecule has 6 heteroatoms. The second-order valence-corrected chi connectivity index (χ2v) is 6.35. The number of ether oxygens (including phenoxy) is 2. The lowest BCUT2D eigenvalue weighted by Gasteiger charge is -2.21. The zero-order valence-corrected chi connectivity index (χ0v) is 13.4. The van der Waals surface area contributed by atoms with Crippen LogP contribution in [-0.4, -0.2) is 24.6 Å². The zero-order chi connectivity index (χ0) is 16.3. The maximum atomic E-state index is 12.0. The van der Waals surface area contributed by atoms with E-state index < -0.39 is 11.5 Å². The van der Waals surface area contributed by atoms with Gasteiger partial charge in [0.15, 0.2) is 11.5 Å². The topological polar surface area (TPSA) is 76.7 Å². The van der Waals surface area contributed by atoms with E-state index in [1.807, 2.05) is 18.2 Å². The second kappa shape index (κ2) is 6.25. The van der Waals surface area contributed by atoms with Crippen LogP contribution in [0.3, 0.4) is 0 Å². The van der Waals surface area contributed by atoms with Gasteiger partial charge >= 0.3 is 0 Å². The molecular formula is C16H22N2O4. The van der Waals surface area contributed by atoms with Gasteiger partial charge in [0.25, 0.3) is 0 Å². The number of benzene rings is 1. The second-order valence-electron chi connectivity index (χ2n) is 6.35. The Morgan fingerprint density at radius 2 is 1.91 bits per heavy atom. The molecule has 0 fully saturated rings. The van der Waals surface area contributed by atoms with Crippen LogP contribution in [0.15, 0.2) is 18.2 Å². The van der Waals surface area contributed by atoms with Crippen LogP contribution in [0.5, 0.6) is 11.5 Å². The van der Waals surface area contributed by atoms with Gasteiger partial charge in [-0.15, -0.1) is 0 Å². The minimum absolute atomic E-state index is 0.154. The molecular weight excluding hydrogens is 284 g/mol. The minimum Gasteiger partial charge on any atom is -0.454 e. The molecule has 0 saturated carbocycles. The van der Waals surface area contributed by atoms with Crippen molar-refractivity contribution >= 4 is 11.8 Å². The van der Waals surface area contributed by atoms with Gasteiger partial charge in [0, 0.05) is 12.0 Å². The van der Waals surface area contributed by atoms with Gasteiger partial charge in [-0.1, -0.05) is 26.8 Å². The summed E-state index contributed by atoms with van der Waals surface area (Å²) >= 11 is 0. The maximum Gasteiger partial charge on any atom is 0.242 e. The first-order chi connectivity index (χ1) is 10.3. The summed E-state index contributed by atoms with van der Waals surface area (Å²) in [6.07, 6.45) is 0. The first kappa shape index (κ1) is 16.1. The van der Waals surface area contributed by atoms with E-state index >= 15 is 0 Å². The lowest BCUT2D eigenvalue weighted by Crippen LogP contribution is -2.48. The number of nitrogens with one attached hydrogen (secondary N) is 2. The Kier molecular flexibility index (Phi) is 4.59. The lowest BCUT2D eigenvalue weighted by atomic mass is 9.95. The number of amides is 2. The molecule has 0 spiro atoms. The minimum atomic E-state index is -0.583. The van der Waals surface area contributed by atoms with Gasteiger partial charge in [-0.05, 0) is 24.6 Å². The molecule has 0 bridgehead atoms. The van der Waals surface area contributed by atoms with E-state index in [0.29, 0.717) is 18.0 Å². The molecule has 0 unspecified atom stereocenters. The molecule has 2 N–H and O–H groups in total. The van der Waals surface area contributed by atoms with Crippen LogP contribution in [0.1, 0.15) is 33.3 Å². The van der Waals surface area contributed by atoms with Crippen LogP contribution in [0.25, 0.3) is 0 Å². The summed E-state index contributed by atoms with van der Waals surface area (Å²) in [5, 5.41) is 5.50. The van der Waals surface area contributed by atoms with Crippen molar-refractivity contribution in [3.63, 3.8) is 0 Å². The molecule has 1 aliphatic rings. The molecule has 0 aromatic heterocycles. The summed E-state index contributed by atoms with van der Waals surface area (Å²) < 4.78 is 10.5. The Labute approximate surface area is 130 Å². The summed E-state index contributed by atoms with van der Waals surface area (Å²) in [7, 11) is 0. The average molecular weight is 306 g/mol. The number of carbonyl (C=O) groups excluding carboxylic acids is 2. The van der Waals surface area contributed by atoms with E-state index in [0.717, 1.165) is 5.56 Å². The molecule has 1 atom stereocenters. The standard InChI is InChI=1S/C16H22N2O4/c1-10(18-15(20)16(2,3)4)14(19)17-8-11-5-6-12-13(7-11)22-9-21-12/h5-7,10H,8-9H2,1-4H3,(H,17,19)(H,18,20)/t10-/m1/s1. The van der Waals surface area contributed by atoms with Crippen molar-refractivity contribution in [1.82, 2.24) is 10.6 Å². The summed E-state index contributed by atoms with van der Waals surface area (Å²) in [4.78, 5) is 23.9. The zero-order valence-electron chi connectivity index (χ0n) is 13.4. The first-order valence-electron chi connectivity index (χ1n) is 7.24. The molecule has 0 aliphatic carbocycles. The lowest BCUT2D eigenvalue weighted by molar-refractivity contribution is -0.133. The van der Waals surface area contributed by atoms with Gasteiger partial charge in [-0.3, -0.25) is 9.59 Å². The fourth-order valence-electron chi connectivity index (χ4n) is 1.87. The largest absolute Gasteiger partial charge is 0.454 e. The van der Waals surface area contributed by atoms with Gasteiger partial charge in [0.1, 0.15) is 6.04 Å². The Morgan fingerprint density at radius 1 is 1.23 bits per heavy atom. The van der Waals surface area contributed by atoms with Crippen molar-refractivity contribution in [1.29, 1.82) is 0 Å². The molecule has 120 valence electrons. The van der Waals surface area contributed by atoms with E-state index in [2.05, 4.69) is 10.6 Å². The fourth-order valence-corrected chi connectivity index (χ4v) is 1.87. The Balaban J connectivity index is 1.86. The van der Waals surface area contributed by atoms with E-state index in [9.17, 15) is 9.59 Å². The first-order valence-corrected chi connectivity index (χ1v) is 7.24. The molecule has 0 saturated heterocycles. The summed E-state index contributed by atoms with van der Waals surface area (Å²) in [6.45, 7) is 7.67. The van der Waals surface area contributed by atoms with Crippen molar-refractivity contribution in [3.05, 3.63) is 23.8 Å². The molecule has 2 rings (SSSR count). The van der Waals surface area contributed by atoms with E-state index in [4.69, 9.17) is 9.47 Å². The number of rotatable bonds is 4. The highest BCUT2D eigenvalue weighted by molar-refractivity contribution is 5.89. The predicted molar refractivity (Wildman–Crippen MR) is 81.5 cm³/mol. The fraction of sp³-hybridized carbons (Fsp3) is 0.500. The summed E-state index contributed by atoms with van der Waals surface area (Å²) in [5.74, 6) is 1.01. The number of hydrogen-bond acceptors (Lipinski definition) is 4. The molecule has 1 aliphatic heterocycles. The predicted octanol–water partition coefficient (Wildman–Crippen LogP) is 1.58. The summed E-state index contributed by atoms with van der Waals surface area (Å²) in [5.41, 5.74) is 0.387. The van der Waals surface area contributed by atoms with Crippen LogP contribution >= 0.6 is 0 Å². The van der Waals surface area contributed by atoms with Crippen molar-refractivity contribution in [2.45, 2.75) is 40.3 Å². The molecule has 1 aromatic rings.